The maximum atomic E-state index is 12.3. The van der Waals surface area contributed by atoms with Gasteiger partial charge in [0.2, 0.25) is 5.91 Å². The van der Waals surface area contributed by atoms with Crippen molar-refractivity contribution in [3.8, 4) is 5.69 Å². The van der Waals surface area contributed by atoms with E-state index in [4.69, 9.17) is 11.6 Å². The Morgan fingerprint density at radius 3 is 2.72 bits per heavy atom. The Kier molecular flexibility index (Phi) is 5.42. The molecule has 1 aromatic carbocycles. The Morgan fingerprint density at radius 2 is 2.08 bits per heavy atom. The van der Waals surface area contributed by atoms with Crippen molar-refractivity contribution in [1.82, 2.24) is 20.4 Å². The van der Waals surface area contributed by atoms with Crippen LogP contribution < -0.4 is 10.6 Å². The summed E-state index contributed by atoms with van der Waals surface area (Å²) in [4.78, 5) is 12.3. The average Bonchev–Trinajstić information content (AvgIpc) is 3.12. The third kappa shape index (κ3) is 4.03. The van der Waals surface area contributed by atoms with E-state index in [-0.39, 0.29) is 18.2 Å². The minimum Gasteiger partial charge on any atom is -0.391 e. The van der Waals surface area contributed by atoms with Gasteiger partial charge in [0, 0.05) is 41.8 Å². The first-order valence-electron chi connectivity index (χ1n) is 8.42. The number of hydrogen-bond acceptors (Lipinski definition) is 4. The molecule has 6 nitrogen and oxygen atoms in total. The third-order valence-corrected chi connectivity index (χ3v) is 4.97. The van der Waals surface area contributed by atoms with Crippen LogP contribution in [0, 0.1) is 19.8 Å². The van der Waals surface area contributed by atoms with Crippen molar-refractivity contribution in [1.29, 1.82) is 0 Å². The van der Waals surface area contributed by atoms with E-state index in [1.54, 1.807) is 0 Å². The minimum atomic E-state index is -0.392. The molecule has 2 unspecified atom stereocenters. The molecule has 2 aromatic rings. The van der Waals surface area contributed by atoms with Crippen LogP contribution in [0.3, 0.4) is 0 Å². The van der Waals surface area contributed by atoms with Crippen molar-refractivity contribution < 1.29 is 9.90 Å². The van der Waals surface area contributed by atoms with E-state index in [0.29, 0.717) is 18.1 Å². The molecule has 2 heterocycles. The van der Waals surface area contributed by atoms with Crippen LogP contribution in [-0.2, 0) is 11.2 Å². The first kappa shape index (κ1) is 17.9. The third-order valence-electron chi connectivity index (χ3n) is 4.72. The predicted molar refractivity (Wildman–Crippen MR) is 97.1 cm³/mol. The highest BCUT2D eigenvalue weighted by atomic mass is 35.5. The number of halogens is 1. The summed E-state index contributed by atoms with van der Waals surface area (Å²) in [6, 6.07) is 7.45. The number of carbonyl (C=O) groups excluding carboxylic acids is 1. The van der Waals surface area contributed by atoms with E-state index >= 15 is 0 Å². The number of carbonyl (C=O) groups is 1. The SMILES string of the molecule is Cc1nn(-c2ccc(Cl)cc2)c(C)c1CC(=O)NCC1CNCC1O. The molecular weight excluding hydrogens is 340 g/mol. The lowest BCUT2D eigenvalue weighted by Crippen LogP contribution is -2.35. The molecule has 0 spiro atoms. The highest BCUT2D eigenvalue weighted by Gasteiger charge is 2.25. The van der Waals surface area contributed by atoms with Gasteiger partial charge in [-0.2, -0.15) is 5.10 Å². The first-order valence-corrected chi connectivity index (χ1v) is 8.80. The van der Waals surface area contributed by atoms with Gasteiger partial charge in [0.1, 0.15) is 0 Å². The maximum absolute atomic E-state index is 12.3. The van der Waals surface area contributed by atoms with Crippen LogP contribution in [0.5, 0.6) is 0 Å². The number of β-amino-alcohol motifs (C(OH)–C–C–N with tert-alkyl or cyclic N) is 1. The lowest BCUT2D eigenvalue weighted by atomic mass is 10.1. The summed E-state index contributed by atoms with van der Waals surface area (Å²) >= 11 is 5.94. The molecule has 0 bridgehead atoms. The first-order chi connectivity index (χ1) is 12.0. The molecule has 1 aliphatic heterocycles. The Labute approximate surface area is 152 Å². The number of hydrogen-bond donors (Lipinski definition) is 3. The number of amides is 1. The van der Waals surface area contributed by atoms with Crippen LogP contribution in [0.2, 0.25) is 5.02 Å². The van der Waals surface area contributed by atoms with Crippen molar-refractivity contribution >= 4 is 17.5 Å². The highest BCUT2D eigenvalue weighted by Crippen LogP contribution is 2.20. The monoisotopic (exact) mass is 362 g/mol. The Bertz CT molecular complexity index is 757. The lowest BCUT2D eigenvalue weighted by Gasteiger charge is -2.14. The van der Waals surface area contributed by atoms with Crippen molar-refractivity contribution in [2.75, 3.05) is 19.6 Å². The molecule has 0 aliphatic carbocycles. The smallest absolute Gasteiger partial charge is 0.224 e. The van der Waals surface area contributed by atoms with Crippen LogP contribution in [-0.4, -0.2) is 46.5 Å². The quantitative estimate of drug-likeness (QED) is 0.751. The summed E-state index contributed by atoms with van der Waals surface area (Å²) in [7, 11) is 0. The summed E-state index contributed by atoms with van der Waals surface area (Å²) < 4.78 is 1.83. The molecule has 1 saturated heterocycles. The normalized spacial score (nSPS) is 20.0. The Balaban J connectivity index is 1.68. The standard InChI is InChI=1S/C18H23ClN4O2/c1-11-16(7-18(25)21-9-13-8-20-10-17(13)24)12(2)23(22-11)15-5-3-14(19)4-6-15/h3-6,13,17,20,24H,7-10H2,1-2H3,(H,21,25). The predicted octanol–water partition coefficient (Wildman–Crippen LogP) is 1.38. The molecule has 0 saturated carbocycles. The van der Waals surface area contributed by atoms with Gasteiger partial charge in [-0.05, 0) is 38.1 Å². The van der Waals surface area contributed by atoms with E-state index in [1.165, 1.54) is 0 Å². The van der Waals surface area contributed by atoms with Gasteiger partial charge in [-0.25, -0.2) is 4.68 Å². The number of aromatic nitrogens is 2. The molecule has 1 fully saturated rings. The van der Waals surface area contributed by atoms with Crippen molar-refractivity contribution in [2.24, 2.45) is 5.92 Å². The maximum Gasteiger partial charge on any atom is 0.224 e. The minimum absolute atomic E-state index is 0.0547. The van der Waals surface area contributed by atoms with Gasteiger partial charge in [0.25, 0.3) is 0 Å². The van der Waals surface area contributed by atoms with Gasteiger partial charge in [0.15, 0.2) is 0 Å². The van der Waals surface area contributed by atoms with Crippen molar-refractivity contribution in [3.63, 3.8) is 0 Å². The topological polar surface area (TPSA) is 79.2 Å². The molecule has 25 heavy (non-hydrogen) atoms. The molecule has 3 rings (SSSR count). The zero-order valence-corrected chi connectivity index (χ0v) is 15.2. The van der Waals surface area contributed by atoms with Gasteiger partial charge in [0.05, 0.1) is 23.9 Å². The number of nitrogens with one attached hydrogen (secondary N) is 2. The van der Waals surface area contributed by atoms with E-state index in [2.05, 4.69) is 15.7 Å². The molecule has 1 aliphatic rings. The molecule has 3 N–H and O–H groups in total. The van der Waals surface area contributed by atoms with Crippen LogP contribution in [0.4, 0.5) is 0 Å². The van der Waals surface area contributed by atoms with E-state index < -0.39 is 6.10 Å². The number of aryl methyl sites for hydroxylation is 1. The summed E-state index contributed by atoms with van der Waals surface area (Å²) in [6.07, 6.45) is -0.113. The molecule has 2 atom stereocenters. The molecule has 1 aromatic heterocycles. The zero-order chi connectivity index (χ0) is 18.0. The van der Waals surface area contributed by atoms with Crippen LogP contribution in [0.15, 0.2) is 24.3 Å². The second-order valence-corrected chi connectivity index (χ2v) is 6.94. The van der Waals surface area contributed by atoms with Crippen LogP contribution in [0.25, 0.3) is 5.69 Å². The summed E-state index contributed by atoms with van der Waals surface area (Å²) in [6.45, 7) is 5.67. The summed E-state index contributed by atoms with van der Waals surface area (Å²) in [5, 5.41) is 21.1. The van der Waals surface area contributed by atoms with E-state index in [9.17, 15) is 9.90 Å². The van der Waals surface area contributed by atoms with Gasteiger partial charge in [-0.3, -0.25) is 4.79 Å². The lowest BCUT2D eigenvalue weighted by molar-refractivity contribution is -0.120. The number of nitrogens with zero attached hydrogens (tertiary/aromatic N) is 2. The van der Waals surface area contributed by atoms with Gasteiger partial charge in [-0.1, -0.05) is 11.6 Å². The number of aliphatic hydroxyl groups is 1. The van der Waals surface area contributed by atoms with E-state index in [0.717, 1.165) is 29.2 Å². The number of benzene rings is 1. The molecule has 134 valence electrons. The Morgan fingerprint density at radius 1 is 1.36 bits per heavy atom. The fourth-order valence-corrected chi connectivity index (χ4v) is 3.29. The van der Waals surface area contributed by atoms with Crippen molar-refractivity contribution in [3.05, 3.63) is 46.2 Å². The fourth-order valence-electron chi connectivity index (χ4n) is 3.16. The van der Waals surface area contributed by atoms with Gasteiger partial charge < -0.3 is 15.7 Å². The second kappa shape index (κ2) is 7.56. The fraction of sp³-hybridized carbons (Fsp3) is 0.444. The molecule has 7 heteroatoms. The summed E-state index contributed by atoms with van der Waals surface area (Å²) in [5.74, 6) is 0.0175. The molecule has 0 radical (unpaired) electrons. The summed E-state index contributed by atoms with van der Waals surface area (Å²) in [5.41, 5.74) is 3.62. The van der Waals surface area contributed by atoms with Gasteiger partial charge in [-0.15, -0.1) is 0 Å². The number of aliphatic hydroxyl groups excluding tert-OH is 1. The molecular formula is C18H23ClN4O2. The number of rotatable bonds is 5. The largest absolute Gasteiger partial charge is 0.391 e. The van der Waals surface area contributed by atoms with Gasteiger partial charge >= 0.3 is 0 Å². The highest BCUT2D eigenvalue weighted by molar-refractivity contribution is 6.30. The second-order valence-electron chi connectivity index (χ2n) is 6.50. The van der Waals surface area contributed by atoms with Crippen LogP contribution >= 0.6 is 11.6 Å². The zero-order valence-electron chi connectivity index (χ0n) is 14.4. The Hall–Kier alpha value is -1.89. The average molecular weight is 363 g/mol. The van der Waals surface area contributed by atoms with Crippen LogP contribution in [0.1, 0.15) is 17.0 Å². The van der Waals surface area contributed by atoms with E-state index in [1.807, 2.05) is 42.8 Å². The van der Waals surface area contributed by atoms with Crippen molar-refractivity contribution in [2.45, 2.75) is 26.4 Å². The molecule has 1 amide bonds.